The average molecular weight is 401 g/mol. The van der Waals surface area contributed by atoms with E-state index in [2.05, 4.69) is 35.1 Å². The lowest BCUT2D eigenvalue weighted by Crippen LogP contribution is -2.24. The molecule has 2 rings (SSSR count). The minimum Gasteiger partial charge on any atom is -0.489 e. The van der Waals surface area contributed by atoms with Gasteiger partial charge in [0.2, 0.25) is 0 Å². The average Bonchev–Trinajstić information content (AvgIpc) is 2.53. The van der Waals surface area contributed by atoms with Crippen molar-refractivity contribution < 1.29 is 9.13 Å². The largest absolute Gasteiger partial charge is 0.489 e. The second kappa shape index (κ2) is 8.67. The van der Waals surface area contributed by atoms with Gasteiger partial charge in [-0.2, -0.15) is 0 Å². The Balaban J connectivity index is 2.09. The van der Waals surface area contributed by atoms with Crippen molar-refractivity contribution in [2.24, 2.45) is 0 Å². The van der Waals surface area contributed by atoms with E-state index < -0.39 is 0 Å². The summed E-state index contributed by atoms with van der Waals surface area (Å²) in [7, 11) is 0. The highest BCUT2D eigenvalue weighted by Crippen LogP contribution is 2.26. The Hall–Kier alpha value is -1.10. The Morgan fingerprint density at radius 2 is 2.00 bits per heavy atom. The molecule has 0 bridgehead atoms. The van der Waals surface area contributed by atoms with Gasteiger partial charge in [-0.25, -0.2) is 4.39 Å². The molecular weight excluding hydrogens is 381 g/mol. The highest BCUT2D eigenvalue weighted by Gasteiger charge is 2.08. The summed E-state index contributed by atoms with van der Waals surface area (Å²) in [6.07, 6.45) is 1.06. The molecule has 0 aliphatic carbocycles. The SMILES string of the molecule is CC[C@H](C)NCc1cc(Br)ccc1OCc1ccc(F)cc1Cl. The van der Waals surface area contributed by atoms with Crippen molar-refractivity contribution >= 4 is 27.5 Å². The zero-order chi connectivity index (χ0) is 16.8. The van der Waals surface area contributed by atoms with Crippen LogP contribution in [0.3, 0.4) is 0 Å². The van der Waals surface area contributed by atoms with Crippen LogP contribution in [-0.2, 0) is 13.2 Å². The highest BCUT2D eigenvalue weighted by molar-refractivity contribution is 9.10. The predicted molar refractivity (Wildman–Crippen MR) is 96.5 cm³/mol. The smallest absolute Gasteiger partial charge is 0.124 e. The van der Waals surface area contributed by atoms with Crippen LogP contribution in [0.2, 0.25) is 5.02 Å². The van der Waals surface area contributed by atoms with Crippen LogP contribution in [-0.4, -0.2) is 6.04 Å². The third kappa shape index (κ3) is 5.48. The van der Waals surface area contributed by atoms with E-state index in [1.807, 2.05) is 18.2 Å². The third-order valence-electron chi connectivity index (χ3n) is 3.67. The van der Waals surface area contributed by atoms with E-state index in [0.29, 0.717) is 17.7 Å². The third-order valence-corrected chi connectivity index (χ3v) is 4.52. The summed E-state index contributed by atoms with van der Waals surface area (Å²) in [6.45, 7) is 5.32. The summed E-state index contributed by atoms with van der Waals surface area (Å²) >= 11 is 9.53. The van der Waals surface area contributed by atoms with Crippen molar-refractivity contribution in [1.29, 1.82) is 0 Å². The Bertz CT molecular complexity index is 665. The van der Waals surface area contributed by atoms with Gasteiger partial charge in [0, 0.05) is 28.2 Å². The second-order valence-electron chi connectivity index (χ2n) is 5.47. The molecule has 0 aliphatic rings. The summed E-state index contributed by atoms with van der Waals surface area (Å²) in [5.41, 5.74) is 1.83. The topological polar surface area (TPSA) is 21.3 Å². The van der Waals surface area contributed by atoms with Crippen LogP contribution in [0.4, 0.5) is 4.39 Å². The molecule has 0 aromatic heterocycles. The molecule has 0 heterocycles. The van der Waals surface area contributed by atoms with Crippen molar-refractivity contribution in [2.75, 3.05) is 0 Å². The number of rotatable bonds is 7. The summed E-state index contributed by atoms with van der Waals surface area (Å²) in [6, 6.07) is 10.7. The first-order valence-corrected chi connectivity index (χ1v) is 8.75. The molecular formula is C18H20BrClFNO. The van der Waals surface area contributed by atoms with Crippen molar-refractivity contribution in [3.63, 3.8) is 0 Å². The molecule has 0 fully saturated rings. The fourth-order valence-electron chi connectivity index (χ4n) is 2.05. The molecule has 1 atom stereocenters. The first-order valence-electron chi connectivity index (χ1n) is 7.58. The van der Waals surface area contributed by atoms with Gasteiger partial charge in [-0.1, -0.05) is 40.5 Å². The van der Waals surface area contributed by atoms with Gasteiger partial charge >= 0.3 is 0 Å². The minimum atomic E-state index is -0.346. The lowest BCUT2D eigenvalue weighted by Gasteiger charge is -2.16. The predicted octanol–water partition coefficient (Wildman–Crippen LogP) is 5.71. The van der Waals surface area contributed by atoms with Gasteiger partial charge < -0.3 is 10.1 Å². The van der Waals surface area contributed by atoms with Crippen molar-refractivity contribution in [3.8, 4) is 5.75 Å². The van der Waals surface area contributed by atoms with Crippen molar-refractivity contribution in [2.45, 2.75) is 39.5 Å². The lowest BCUT2D eigenvalue weighted by atomic mass is 10.1. The number of halogens is 3. The quantitative estimate of drug-likeness (QED) is 0.643. The van der Waals surface area contributed by atoms with Crippen LogP contribution in [0.5, 0.6) is 5.75 Å². The normalized spacial score (nSPS) is 12.2. The van der Waals surface area contributed by atoms with Gasteiger partial charge in [0.15, 0.2) is 0 Å². The Kier molecular flexibility index (Phi) is 6.88. The maximum absolute atomic E-state index is 13.1. The van der Waals surface area contributed by atoms with E-state index in [1.54, 1.807) is 6.07 Å². The molecule has 0 aliphatic heterocycles. The van der Waals surface area contributed by atoms with Gasteiger partial charge in [0.05, 0.1) is 5.02 Å². The van der Waals surface area contributed by atoms with Crippen LogP contribution in [0.1, 0.15) is 31.4 Å². The zero-order valence-electron chi connectivity index (χ0n) is 13.2. The van der Waals surface area contributed by atoms with Gasteiger partial charge in [-0.15, -0.1) is 0 Å². The molecule has 0 saturated heterocycles. The number of ether oxygens (including phenoxy) is 1. The lowest BCUT2D eigenvalue weighted by molar-refractivity contribution is 0.301. The molecule has 2 aromatic rings. The molecule has 124 valence electrons. The summed E-state index contributed by atoms with van der Waals surface area (Å²) in [5.74, 6) is 0.449. The summed E-state index contributed by atoms with van der Waals surface area (Å²) in [5, 5.41) is 3.83. The molecule has 0 unspecified atom stereocenters. The minimum absolute atomic E-state index is 0.303. The van der Waals surface area contributed by atoms with Crippen LogP contribution in [0.15, 0.2) is 40.9 Å². The van der Waals surface area contributed by atoms with E-state index >= 15 is 0 Å². The molecule has 2 aromatic carbocycles. The Labute approximate surface area is 150 Å². The van der Waals surface area contributed by atoms with E-state index in [4.69, 9.17) is 16.3 Å². The maximum atomic E-state index is 13.1. The monoisotopic (exact) mass is 399 g/mol. The van der Waals surface area contributed by atoms with Gasteiger partial charge in [-0.05, 0) is 43.7 Å². The molecule has 1 N–H and O–H groups in total. The highest BCUT2D eigenvalue weighted by atomic mass is 79.9. The fraction of sp³-hybridized carbons (Fsp3) is 0.333. The van der Waals surface area contributed by atoms with Gasteiger partial charge in [0.1, 0.15) is 18.2 Å². The molecule has 5 heteroatoms. The molecule has 0 spiro atoms. The standard InChI is InChI=1S/C18H20BrClFNO/c1-3-12(2)22-10-14-8-15(19)5-7-18(14)23-11-13-4-6-16(21)9-17(13)20/h4-9,12,22H,3,10-11H2,1-2H3/t12-/m0/s1. The Morgan fingerprint density at radius 1 is 1.22 bits per heavy atom. The number of benzene rings is 2. The van der Waals surface area contributed by atoms with Crippen LogP contribution >= 0.6 is 27.5 Å². The van der Waals surface area contributed by atoms with Gasteiger partial charge in [-0.3, -0.25) is 0 Å². The second-order valence-corrected chi connectivity index (χ2v) is 6.79. The first kappa shape index (κ1) is 18.2. The molecule has 23 heavy (non-hydrogen) atoms. The van der Waals surface area contributed by atoms with E-state index in [9.17, 15) is 4.39 Å². The molecule has 2 nitrogen and oxygen atoms in total. The maximum Gasteiger partial charge on any atom is 0.124 e. The zero-order valence-corrected chi connectivity index (χ0v) is 15.5. The fourth-order valence-corrected chi connectivity index (χ4v) is 2.68. The Morgan fingerprint density at radius 3 is 2.70 bits per heavy atom. The van der Waals surface area contributed by atoms with Crippen LogP contribution < -0.4 is 10.1 Å². The van der Waals surface area contributed by atoms with Crippen molar-refractivity contribution in [1.82, 2.24) is 5.32 Å². The van der Waals surface area contributed by atoms with Gasteiger partial charge in [0.25, 0.3) is 0 Å². The summed E-state index contributed by atoms with van der Waals surface area (Å²) < 4.78 is 20.0. The number of nitrogens with one attached hydrogen (secondary N) is 1. The van der Waals surface area contributed by atoms with Crippen LogP contribution in [0, 0.1) is 5.82 Å². The summed E-state index contributed by atoms with van der Waals surface area (Å²) in [4.78, 5) is 0. The molecule has 0 amide bonds. The molecule has 0 saturated carbocycles. The number of hydrogen-bond donors (Lipinski definition) is 1. The number of hydrogen-bond acceptors (Lipinski definition) is 2. The van der Waals surface area contributed by atoms with Crippen molar-refractivity contribution in [3.05, 3.63) is 62.8 Å². The van der Waals surface area contributed by atoms with Crippen LogP contribution in [0.25, 0.3) is 0 Å². The van der Waals surface area contributed by atoms with E-state index in [1.165, 1.54) is 12.1 Å². The van der Waals surface area contributed by atoms with E-state index in [-0.39, 0.29) is 5.82 Å². The van der Waals surface area contributed by atoms with E-state index in [0.717, 1.165) is 34.3 Å². The molecule has 0 radical (unpaired) electrons. The first-order chi connectivity index (χ1) is 11.0.